The molecule has 0 aromatic carbocycles. The zero-order valence-corrected chi connectivity index (χ0v) is 14.9. The molecule has 0 saturated heterocycles. The molecule has 0 spiro atoms. The van der Waals surface area contributed by atoms with Gasteiger partial charge in [0.1, 0.15) is 6.10 Å². The molecule has 6 nitrogen and oxygen atoms in total. The molecule has 0 amide bonds. The maximum Gasteiger partial charge on any atom is 0.311 e. The fraction of sp³-hybridized carbons (Fsp3) is 0.765. The van der Waals surface area contributed by atoms with Crippen molar-refractivity contribution < 1.29 is 19.1 Å². The zero-order chi connectivity index (χ0) is 18.0. The average Bonchev–Trinajstić information content (AvgIpc) is 2.44. The maximum atomic E-state index is 11.9. The van der Waals surface area contributed by atoms with Crippen molar-refractivity contribution in [3.8, 4) is 0 Å². The van der Waals surface area contributed by atoms with Crippen molar-refractivity contribution in [3.05, 3.63) is 0 Å². The van der Waals surface area contributed by atoms with Crippen LogP contribution in [0.3, 0.4) is 0 Å². The van der Waals surface area contributed by atoms with Gasteiger partial charge in [-0.2, -0.15) is 0 Å². The van der Waals surface area contributed by atoms with Crippen molar-refractivity contribution >= 4 is 23.4 Å². The Morgan fingerprint density at radius 3 is 1.91 bits per heavy atom. The van der Waals surface area contributed by atoms with Crippen LogP contribution in [-0.2, 0) is 19.1 Å². The fourth-order valence-corrected chi connectivity index (χ4v) is 2.23. The molecule has 0 aliphatic heterocycles. The molecule has 3 atom stereocenters. The van der Waals surface area contributed by atoms with E-state index in [4.69, 9.17) is 20.3 Å². The first-order valence-electron chi connectivity index (χ1n) is 8.14. The van der Waals surface area contributed by atoms with E-state index in [0.29, 0.717) is 6.42 Å². The number of nitrogens with one attached hydrogen (secondary N) is 2. The summed E-state index contributed by atoms with van der Waals surface area (Å²) in [6.45, 7) is 9.28. The molecule has 6 heteroatoms. The van der Waals surface area contributed by atoms with Crippen LogP contribution in [0, 0.1) is 22.7 Å². The molecule has 23 heavy (non-hydrogen) atoms. The lowest BCUT2D eigenvalue weighted by molar-refractivity contribution is -0.157. The average molecular weight is 326 g/mol. The first kappa shape index (κ1) is 21.3. The third-order valence-corrected chi connectivity index (χ3v) is 3.74. The van der Waals surface area contributed by atoms with Gasteiger partial charge >= 0.3 is 11.9 Å². The second kappa shape index (κ2) is 10.9. The number of carbonyl (C=O) groups is 2. The van der Waals surface area contributed by atoms with E-state index >= 15 is 0 Å². The van der Waals surface area contributed by atoms with Crippen molar-refractivity contribution in [2.24, 2.45) is 11.8 Å². The van der Waals surface area contributed by atoms with Gasteiger partial charge in [0.15, 0.2) is 0 Å². The Hall–Kier alpha value is -1.72. The molecule has 0 rings (SSSR count). The highest BCUT2D eigenvalue weighted by atomic mass is 16.6. The summed E-state index contributed by atoms with van der Waals surface area (Å²) < 4.78 is 10.8. The summed E-state index contributed by atoms with van der Waals surface area (Å²) in [6, 6.07) is 0. The first-order chi connectivity index (χ1) is 10.7. The molecule has 0 aliphatic rings. The Morgan fingerprint density at radius 1 is 0.957 bits per heavy atom. The van der Waals surface area contributed by atoms with Crippen molar-refractivity contribution in [2.75, 3.05) is 6.61 Å². The van der Waals surface area contributed by atoms with E-state index in [1.54, 1.807) is 13.8 Å². The molecule has 0 heterocycles. The fourth-order valence-electron chi connectivity index (χ4n) is 2.23. The van der Waals surface area contributed by atoms with Crippen LogP contribution in [0.4, 0.5) is 0 Å². The number of esters is 2. The summed E-state index contributed by atoms with van der Waals surface area (Å²) in [7, 11) is 0. The quantitative estimate of drug-likeness (QED) is 0.449. The van der Waals surface area contributed by atoms with Gasteiger partial charge in [-0.3, -0.25) is 9.59 Å². The Labute approximate surface area is 138 Å². The van der Waals surface area contributed by atoms with Crippen molar-refractivity contribution in [1.82, 2.24) is 0 Å². The van der Waals surface area contributed by atoms with Gasteiger partial charge in [-0.05, 0) is 26.2 Å². The van der Waals surface area contributed by atoms with Gasteiger partial charge in [0, 0.05) is 17.3 Å². The van der Waals surface area contributed by atoms with Gasteiger partial charge in [0.25, 0.3) is 0 Å². The maximum absolute atomic E-state index is 11.9. The van der Waals surface area contributed by atoms with Crippen molar-refractivity contribution in [2.45, 2.75) is 66.4 Å². The summed E-state index contributed by atoms with van der Waals surface area (Å²) >= 11 is 0. The van der Waals surface area contributed by atoms with Crippen LogP contribution in [-0.4, -0.2) is 36.1 Å². The molecule has 2 N–H and O–H groups in total. The van der Waals surface area contributed by atoms with Gasteiger partial charge in [-0.15, -0.1) is 0 Å². The molecule has 0 bridgehead atoms. The molecule has 3 unspecified atom stereocenters. The minimum atomic E-state index is -0.430. The molecule has 0 aromatic rings. The van der Waals surface area contributed by atoms with Crippen molar-refractivity contribution in [1.29, 1.82) is 10.8 Å². The van der Waals surface area contributed by atoms with E-state index in [0.717, 1.165) is 6.42 Å². The Morgan fingerprint density at radius 2 is 1.48 bits per heavy atom. The molecular weight excluding hydrogens is 296 g/mol. The number of hydrogen-bond donors (Lipinski definition) is 2. The standard InChI is InChI=1S/C17H30N2O4/c1-6-11(3)17(23-16(21)9-13(5)19)14(7-2)10-22-15(20)8-12(4)18/h11,14,17-19H,6-10H2,1-5H3. The Balaban J connectivity index is 4.82. The minimum absolute atomic E-state index is 0.0166. The smallest absolute Gasteiger partial charge is 0.311 e. The highest BCUT2D eigenvalue weighted by molar-refractivity contribution is 5.96. The number of rotatable bonds is 11. The lowest BCUT2D eigenvalue weighted by Gasteiger charge is -2.30. The lowest BCUT2D eigenvalue weighted by atomic mass is 9.89. The van der Waals surface area contributed by atoms with Crippen LogP contribution in [0.25, 0.3) is 0 Å². The minimum Gasteiger partial charge on any atom is -0.465 e. The van der Waals surface area contributed by atoms with Gasteiger partial charge in [0.2, 0.25) is 0 Å². The van der Waals surface area contributed by atoms with E-state index in [1.165, 1.54) is 0 Å². The van der Waals surface area contributed by atoms with E-state index in [-0.39, 0.29) is 48.8 Å². The van der Waals surface area contributed by atoms with Gasteiger partial charge < -0.3 is 20.3 Å². The van der Waals surface area contributed by atoms with E-state index in [1.807, 2.05) is 20.8 Å². The second-order valence-corrected chi connectivity index (χ2v) is 6.11. The number of ether oxygens (including phenoxy) is 2. The largest absolute Gasteiger partial charge is 0.465 e. The zero-order valence-electron chi connectivity index (χ0n) is 14.9. The summed E-state index contributed by atoms with van der Waals surface area (Å²) in [5.74, 6) is -0.795. The van der Waals surface area contributed by atoms with Crippen LogP contribution in [0.15, 0.2) is 0 Å². The van der Waals surface area contributed by atoms with E-state index in [2.05, 4.69) is 0 Å². The summed E-state index contributed by atoms with van der Waals surface area (Å²) in [5.41, 5.74) is 0.522. The number of hydrogen-bond acceptors (Lipinski definition) is 6. The van der Waals surface area contributed by atoms with Crippen LogP contribution in [0.2, 0.25) is 0 Å². The summed E-state index contributed by atoms with van der Waals surface area (Å²) in [6.07, 6.45) is 1.17. The first-order valence-corrected chi connectivity index (χ1v) is 8.14. The van der Waals surface area contributed by atoms with Crippen LogP contribution >= 0.6 is 0 Å². The summed E-state index contributed by atoms with van der Waals surface area (Å²) in [5, 5.41) is 14.7. The molecule has 0 aromatic heterocycles. The Kier molecular flexibility index (Phi) is 10.1. The topological polar surface area (TPSA) is 100 Å². The van der Waals surface area contributed by atoms with E-state index in [9.17, 15) is 9.59 Å². The van der Waals surface area contributed by atoms with Gasteiger partial charge in [-0.25, -0.2) is 0 Å². The normalized spacial score (nSPS) is 14.5. The van der Waals surface area contributed by atoms with Crippen LogP contribution in [0.5, 0.6) is 0 Å². The highest BCUT2D eigenvalue weighted by Crippen LogP contribution is 2.24. The molecule has 0 fully saturated rings. The monoisotopic (exact) mass is 326 g/mol. The predicted octanol–water partition coefficient (Wildman–Crippen LogP) is 3.37. The van der Waals surface area contributed by atoms with E-state index < -0.39 is 11.9 Å². The second-order valence-electron chi connectivity index (χ2n) is 6.11. The third kappa shape index (κ3) is 9.11. The number of carbonyl (C=O) groups excluding carboxylic acids is 2. The highest BCUT2D eigenvalue weighted by Gasteiger charge is 2.29. The molecule has 132 valence electrons. The van der Waals surface area contributed by atoms with Crippen molar-refractivity contribution in [3.63, 3.8) is 0 Å². The van der Waals surface area contributed by atoms with Gasteiger partial charge in [0.05, 0.1) is 19.4 Å². The molecule has 0 aliphatic carbocycles. The lowest BCUT2D eigenvalue weighted by Crippen LogP contribution is -2.36. The third-order valence-electron chi connectivity index (χ3n) is 3.74. The molecule has 0 radical (unpaired) electrons. The SMILES string of the molecule is CCC(C)C(OC(=O)CC(C)=N)C(CC)COC(=O)CC(C)=N. The molecular formula is C17H30N2O4. The van der Waals surface area contributed by atoms with Gasteiger partial charge in [-0.1, -0.05) is 27.2 Å². The Bertz CT molecular complexity index is 434. The van der Waals surface area contributed by atoms with Crippen LogP contribution in [0.1, 0.15) is 60.3 Å². The molecule has 0 saturated carbocycles. The predicted molar refractivity (Wildman–Crippen MR) is 90.1 cm³/mol. The van der Waals surface area contributed by atoms with Crippen LogP contribution < -0.4 is 0 Å². The summed E-state index contributed by atoms with van der Waals surface area (Å²) in [4.78, 5) is 23.5.